The molecule has 1 aromatic heterocycles. The molecule has 18 nitrogen and oxygen atoms in total. The summed E-state index contributed by atoms with van der Waals surface area (Å²) >= 11 is 0. The second kappa shape index (κ2) is 19.3. The minimum Gasteiger partial charge on any atom is -0.497 e. The van der Waals surface area contributed by atoms with Crippen LogP contribution in [-0.2, 0) is 49.0 Å². The largest absolute Gasteiger partial charge is 0.497 e. The van der Waals surface area contributed by atoms with Crippen molar-refractivity contribution in [3.63, 3.8) is 0 Å². The molecule has 1 aliphatic heterocycles. The number of fused-ring (bicyclic) bond motifs is 1. The minimum atomic E-state index is -5.00. The molecule has 6 aromatic rings. The number of nitrogens with one attached hydrogen (secondary N) is 2. The highest BCUT2D eigenvalue weighted by molar-refractivity contribution is 7.93. The maximum atomic E-state index is 16.0. The lowest BCUT2D eigenvalue weighted by Crippen LogP contribution is -2.35. The summed E-state index contributed by atoms with van der Waals surface area (Å²) < 4.78 is 84.0. The first-order valence-corrected chi connectivity index (χ1v) is 23.7. The molecular weight excluding hydrogens is 891 g/mol. The second-order valence-corrected chi connectivity index (χ2v) is 20.1. The maximum absolute atomic E-state index is 16.0. The molecule has 0 spiro atoms. The Kier molecular flexibility index (Phi) is 13.8. The Bertz CT molecular complexity index is 2910. The molecule has 0 saturated heterocycles. The molecule has 0 fully saturated rings. The molecule has 1 aliphatic rings. The highest BCUT2D eigenvalue weighted by Crippen LogP contribution is 2.46. The fraction of sp³-hybridized carbons (Fsp3) is 0.283. The summed E-state index contributed by atoms with van der Waals surface area (Å²) in [7, 11) is -5.08. The van der Waals surface area contributed by atoms with Crippen LogP contribution >= 0.6 is 0 Å². The van der Waals surface area contributed by atoms with Gasteiger partial charge in [-0.1, -0.05) is 60.7 Å². The fourth-order valence-corrected chi connectivity index (χ4v) is 10.9. The van der Waals surface area contributed by atoms with Crippen LogP contribution in [-0.4, -0.2) is 97.7 Å². The van der Waals surface area contributed by atoms with Crippen LogP contribution < -0.4 is 24.8 Å². The number of aromatic nitrogens is 4. The first kappa shape index (κ1) is 47.1. The summed E-state index contributed by atoms with van der Waals surface area (Å²) in [6.45, 7) is 4.10. The zero-order valence-corrected chi connectivity index (χ0v) is 38.6. The molecule has 20 heteroatoms. The van der Waals surface area contributed by atoms with E-state index in [-0.39, 0.29) is 53.4 Å². The van der Waals surface area contributed by atoms with Gasteiger partial charge >= 0.3 is 6.09 Å². The van der Waals surface area contributed by atoms with Crippen LogP contribution in [0, 0.1) is 0 Å². The lowest BCUT2D eigenvalue weighted by atomic mass is 9.95. The standard InChI is InChI=1S/C46H49N7O11S2/c1-46(2,3)64-45(56)47-24-25-65(57,58)38-23-22-35(36-8-7-9-37-40(36)48-44(55)41(37)54)39(43-49-51-53(50-43)28-31-14-20-34(63-6)21-15-31)42(38)66(59,60)52(26-29-10-16-32(61-4)17-11-29)27-30-12-18-33(62-5)19-13-30/h7-23,41,54H,24-28H2,1-6H3,(H,47,56)(H,48,55). The number of nitrogens with zero attached hydrogens (tertiary/aromatic N) is 5. The number of hydrogen-bond donors (Lipinski definition) is 3. The first-order chi connectivity index (χ1) is 31.4. The van der Waals surface area contributed by atoms with Crippen LogP contribution in [0.1, 0.15) is 49.1 Å². The Balaban J connectivity index is 1.48. The van der Waals surface area contributed by atoms with E-state index in [1.165, 1.54) is 31.1 Å². The van der Waals surface area contributed by atoms with Crippen LogP contribution in [0.15, 0.2) is 113 Å². The molecule has 1 atom stereocenters. The third kappa shape index (κ3) is 10.5. The van der Waals surface area contributed by atoms with Gasteiger partial charge in [-0.15, -0.1) is 10.2 Å². The zero-order chi connectivity index (χ0) is 47.4. The summed E-state index contributed by atoms with van der Waals surface area (Å²) in [5.41, 5.74) is 1.42. The predicted octanol–water partition coefficient (Wildman–Crippen LogP) is 5.76. The highest BCUT2D eigenvalue weighted by Gasteiger charge is 2.39. The number of amides is 2. The summed E-state index contributed by atoms with van der Waals surface area (Å²) in [5, 5.41) is 29.3. The molecule has 2 amide bonds. The summed E-state index contributed by atoms with van der Waals surface area (Å²) in [4.78, 5) is 25.5. The van der Waals surface area contributed by atoms with E-state index >= 15 is 8.42 Å². The second-order valence-electron chi connectivity index (χ2n) is 16.2. The smallest absolute Gasteiger partial charge is 0.407 e. The zero-order valence-electron chi connectivity index (χ0n) is 37.0. The normalized spacial score (nSPS) is 13.8. The van der Waals surface area contributed by atoms with Crippen LogP contribution in [0.3, 0.4) is 0 Å². The van der Waals surface area contributed by atoms with E-state index in [0.29, 0.717) is 28.4 Å². The highest BCUT2D eigenvalue weighted by atomic mass is 32.2. The molecule has 346 valence electrons. The molecule has 7 rings (SSSR count). The molecule has 0 saturated carbocycles. The van der Waals surface area contributed by atoms with E-state index in [1.54, 1.807) is 119 Å². The van der Waals surface area contributed by atoms with Gasteiger partial charge in [0.25, 0.3) is 5.91 Å². The lowest BCUT2D eigenvalue weighted by Gasteiger charge is -2.26. The Labute approximate surface area is 382 Å². The minimum absolute atomic E-state index is 0.0762. The van der Waals surface area contributed by atoms with Gasteiger partial charge in [0.1, 0.15) is 27.7 Å². The molecule has 1 unspecified atom stereocenters. The maximum Gasteiger partial charge on any atom is 0.407 e. The van der Waals surface area contributed by atoms with E-state index < -0.39 is 65.7 Å². The van der Waals surface area contributed by atoms with Crippen molar-refractivity contribution in [1.82, 2.24) is 29.8 Å². The van der Waals surface area contributed by atoms with Gasteiger partial charge in [0, 0.05) is 30.8 Å². The predicted molar refractivity (Wildman–Crippen MR) is 243 cm³/mol. The molecule has 0 aliphatic carbocycles. The Morgan fingerprint density at radius 1 is 0.788 bits per heavy atom. The average molecular weight is 940 g/mol. The Hall–Kier alpha value is -6.87. The van der Waals surface area contributed by atoms with Gasteiger partial charge in [-0.25, -0.2) is 21.6 Å². The monoisotopic (exact) mass is 939 g/mol. The SMILES string of the molecule is COc1ccc(CN(Cc2ccc(OC)cc2)S(=O)(=O)c2c(S(=O)(=O)CCNC(=O)OC(C)(C)C)ccc(-c3cccc4c3NC(=O)C4O)c2-c2nnn(Cc3ccc(OC)cc3)n2)cc1. The number of methoxy groups -OCH3 is 3. The van der Waals surface area contributed by atoms with E-state index in [4.69, 9.17) is 18.9 Å². The van der Waals surface area contributed by atoms with Crippen LogP contribution in [0.2, 0.25) is 0 Å². The first-order valence-electron chi connectivity index (χ1n) is 20.6. The Morgan fingerprint density at radius 2 is 1.35 bits per heavy atom. The van der Waals surface area contributed by atoms with Crippen molar-refractivity contribution in [2.24, 2.45) is 0 Å². The van der Waals surface area contributed by atoms with Gasteiger partial charge < -0.3 is 34.7 Å². The number of benzene rings is 5. The van der Waals surface area contributed by atoms with E-state index in [0.717, 1.165) is 9.87 Å². The number of aliphatic hydroxyl groups excluding tert-OH is 1. The molecule has 0 radical (unpaired) electrons. The molecular formula is C46H49N7O11S2. The van der Waals surface area contributed by atoms with Gasteiger partial charge in [0.05, 0.1) is 49.8 Å². The van der Waals surface area contributed by atoms with Crippen molar-refractivity contribution in [1.29, 1.82) is 0 Å². The number of hydrogen-bond acceptors (Lipinski definition) is 14. The number of alkyl carbamates (subject to hydrolysis) is 1. The van der Waals surface area contributed by atoms with Crippen molar-refractivity contribution < 1.29 is 50.5 Å². The quantitative estimate of drug-likeness (QED) is 0.0989. The van der Waals surface area contributed by atoms with Crippen molar-refractivity contribution in [3.8, 4) is 39.8 Å². The molecule has 2 heterocycles. The van der Waals surface area contributed by atoms with E-state index in [1.807, 2.05) is 0 Å². The number of sulfone groups is 1. The summed E-state index contributed by atoms with van der Waals surface area (Å²) in [6, 6.07) is 27.9. The van der Waals surface area contributed by atoms with Gasteiger partial charge in [-0.3, -0.25) is 4.79 Å². The number of para-hydroxylation sites is 1. The topological polar surface area (TPSA) is 230 Å². The summed E-state index contributed by atoms with van der Waals surface area (Å²) in [6.07, 6.45) is -2.40. The lowest BCUT2D eigenvalue weighted by molar-refractivity contribution is -0.123. The van der Waals surface area contributed by atoms with Gasteiger partial charge in [-0.05, 0) is 90.7 Å². The number of aliphatic hydroxyl groups is 1. The van der Waals surface area contributed by atoms with E-state index in [9.17, 15) is 23.1 Å². The van der Waals surface area contributed by atoms with E-state index in [2.05, 4.69) is 26.0 Å². The molecule has 3 N–H and O–H groups in total. The third-order valence-electron chi connectivity index (χ3n) is 10.5. The molecule has 66 heavy (non-hydrogen) atoms. The van der Waals surface area contributed by atoms with Crippen molar-refractivity contribution >= 4 is 37.5 Å². The van der Waals surface area contributed by atoms with Crippen molar-refractivity contribution in [3.05, 3.63) is 125 Å². The number of rotatable bonds is 17. The number of sulfonamides is 1. The number of tetrazole rings is 1. The number of carbonyl (C=O) groups excluding carboxylic acids is 2. The van der Waals surface area contributed by atoms with Crippen LogP contribution in [0.25, 0.3) is 22.5 Å². The molecule has 5 aromatic carbocycles. The van der Waals surface area contributed by atoms with Crippen LogP contribution in [0.4, 0.5) is 10.5 Å². The molecule has 0 bridgehead atoms. The number of carbonyl (C=O) groups is 2. The van der Waals surface area contributed by atoms with Crippen molar-refractivity contribution in [2.45, 2.75) is 61.9 Å². The van der Waals surface area contributed by atoms with Gasteiger partial charge in [0.15, 0.2) is 15.9 Å². The Morgan fingerprint density at radius 3 is 1.89 bits per heavy atom. The van der Waals surface area contributed by atoms with Gasteiger partial charge in [0.2, 0.25) is 15.8 Å². The van der Waals surface area contributed by atoms with Gasteiger partial charge in [-0.2, -0.15) is 9.10 Å². The van der Waals surface area contributed by atoms with Crippen molar-refractivity contribution in [2.75, 3.05) is 38.9 Å². The average Bonchev–Trinajstić information content (AvgIpc) is 3.88. The fourth-order valence-electron chi connectivity index (χ4n) is 7.25. The van der Waals surface area contributed by atoms with Crippen LogP contribution in [0.5, 0.6) is 17.2 Å². The third-order valence-corrected chi connectivity index (χ3v) is 14.2. The number of ether oxygens (including phenoxy) is 4. The summed E-state index contributed by atoms with van der Waals surface area (Å²) in [5.74, 6) is -0.0441. The number of anilines is 1.